The Hall–Kier alpha value is -3.02. The van der Waals surface area contributed by atoms with Gasteiger partial charge in [-0.25, -0.2) is 4.79 Å². The van der Waals surface area contributed by atoms with Crippen molar-refractivity contribution in [1.82, 2.24) is 0 Å². The third-order valence-corrected chi connectivity index (χ3v) is 3.30. The maximum Gasteiger partial charge on any atom is 0.337 e. The van der Waals surface area contributed by atoms with Crippen LogP contribution in [0.15, 0.2) is 48.5 Å². The van der Waals surface area contributed by atoms with Gasteiger partial charge in [-0.15, -0.1) is 0 Å². The summed E-state index contributed by atoms with van der Waals surface area (Å²) in [4.78, 5) is 23.6. The molecule has 0 spiro atoms. The minimum Gasteiger partial charge on any atom is -0.497 e. The Bertz CT molecular complexity index is 712. The summed E-state index contributed by atoms with van der Waals surface area (Å²) in [6.07, 6.45) is -0.697. The number of rotatable bonds is 6. The predicted octanol–water partition coefficient (Wildman–Crippen LogP) is 2.89. The number of amides is 1. The standard InChI is InChI=1S/C18H19NO5/c1-12(24-16-6-4-5-15(11-16)22-2)17(20)19-14-9-7-13(8-10-14)18(21)23-3/h4-12H,1-3H3,(H,19,20)/t12-/m1/s1. The van der Waals surface area contributed by atoms with Gasteiger partial charge >= 0.3 is 5.97 Å². The first-order chi connectivity index (χ1) is 11.5. The second-order valence-electron chi connectivity index (χ2n) is 5.00. The molecule has 24 heavy (non-hydrogen) atoms. The quantitative estimate of drug-likeness (QED) is 0.825. The Morgan fingerprint density at radius 1 is 1.00 bits per heavy atom. The van der Waals surface area contributed by atoms with Crippen molar-refractivity contribution in [3.8, 4) is 11.5 Å². The SMILES string of the molecule is COC(=O)c1ccc(NC(=O)[C@@H](C)Oc2cccc(OC)c2)cc1. The zero-order chi connectivity index (χ0) is 17.5. The van der Waals surface area contributed by atoms with Crippen LogP contribution < -0.4 is 14.8 Å². The monoisotopic (exact) mass is 329 g/mol. The molecule has 1 atom stereocenters. The van der Waals surface area contributed by atoms with E-state index in [-0.39, 0.29) is 5.91 Å². The van der Waals surface area contributed by atoms with Crippen molar-refractivity contribution >= 4 is 17.6 Å². The molecule has 1 amide bonds. The van der Waals surface area contributed by atoms with E-state index >= 15 is 0 Å². The van der Waals surface area contributed by atoms with E-state index in [1.165, 1.54) is 7.11 Å². The number of benzene rings is 2. The molecule has 6 nitrogen and oxygen atoms in total. The Labute approximate surface area is 140 Å². The number of methoxy groups -OCH3 is 2. The molecule has 0 aliphatic heterocycles. The summed E-state index contributed by atoms with van der Waals surface area (Å²) in [7, 11) is 2.88. The molecule has 2 rings (SSSR count). The second kappa shape index (κ2) is 8.01. The highest BCUT2D eigenvalue weighted by atomic mass is 16.5. The first-order valence-electron chi connectivity index (χ1n) is 7.33. The molecule has 0 aliphatic carbocycles. The van der Waals surface area contributed by atoms with Crippen molar-refractivity contribution in [2.24, 2.45) is 0 Å². The lowest BCUT2D eigenvalue weighted by Crippen LogP contribution is -2.30. The molecule has 0 aliphatic rings. The van der Waals surface area contributed by atoms with E-state index in [2.05, 4.69) is 10.1 Å². The van der Waals surface area contributed by atoms with E-state index in [1.54, 1.807) is 62.6 Å². The summed E-state index contributed by atoms with van der Waals surface area (Å²) in [5, 5.41) is 2.73. The van der Waals surface area contributed by atoms with E-state index in [0.29, 0.717) is 22.7 Å². The summed E-state index contributed by atoms with van der Waals surface area (Å²) >= 11 is 0. The third kappa shape index (κ3) is 4.49. The van der Waals surface area contributed by atoms with E-state index in [0.717, 1.165) is 0 Å². The van der Waals surface area contributed by atoms with Crippen molar-refractivity contribution in [3.05, 3.63) is 54.1 Å². The number of carbonyl (C=O) groups excluding carboxylic acids is 2. The molecule has 0 aromatic heterocycles. The first kappa shape index (κ1) is 17.3. The fourth-order valence-electron chi connectivity index (χ4n) is 1.98. The van der Waals surface area contributed by atoms with Gasteiger partial charge in [-0.3, -0.25) is 4.79 Å². The van der Waals surface area contributed by atoms with Crippen LogP contribution in [0.3, 0.4) is 0 Å². The average molecular weight is 329 g/mol. The second-order valence-corrected chi connectivity index (χ2v) is 5.00. The van der Waals surface area contributed by atoms with Gasteiger partial charge in [-0.05, 0) is 43.3 Å². The van der Waals surface area contributed by atoms with Crippen LogP contribution in [0.1, 0.15) is 17.3 Å². The van der Waals surface area contributed by atoms with Crippen molar-refractivity contribution in [3.63, 3.8) is 0 Å². The Balaban J connectivity index is 1.97. The van der Waals surface area contributed by atoms with Crippen LogP contribution in [0.25, 0.3) is 0 Å². The van der Waals surface area contributed by atoms with Crippen molar-refractivity contribution in [1.29, 1.82) is 0 Å². The molecular weight excluding hydrogens is 310 g/mol. The zero-order valence-electron chi connectivity index (χ0n) is 13.7. The third-order valence-electron chi connectivity index (χ3n) is 3.30. The maximum absolute atomic E-state index is 12.2. The van der Waals surface area contributed by atoms with Crippen molar-refractivity contribution in [2.45, 2.75) is 13.0 Å². The lowest BCUT2D eigenvalue weighted by Gasteiger charge is -2.15. The number of carbonyl (C=O) groups is 2. The smallest absolute Gasteiger partial charge is 0.337 e. The fourth-order valence-corrected chi connectivity index (χ4v) is 1.98. The Kier molecular flexibility index (Phi) is 5.78. The van der Waals surface area contributed by atoms with Crippen LogP contribution in [0.4, 0.5) is 5.69 Å². The summed E-state index contributed by atoms with van der Waals surface area (Å²) in [6.45, 7) is 1.65. The fraction of sp³-hybridized carbons (Fsp3) is 0.222. The number of hydrogen-bond donors (Lipinski definition) is 1. The maximum atomic E-state index is 12.2. The molecule has 2 aromatic rings. The molecule has 0 heterocycles. The molecular formula is C18H19NO5. The number of nitrogens with one attached hydrogen (secondary N) is 1. The van der Waals surface area contributed by atoms with E-state index in [4.69, 9.17) is 9.47 Å². The highest BCUT2D eigenvalue weighted by molar-refractivity contribution is 5.95. The van der Waals surface area contributed by atoms with Gasteiger partial charge in [0, 0.05) is 11.8 Å². The number of hydrogen-bond acceptors (Lipinski definition) is 5. The van der Waals surface area contributed by atoms with Gasteiger partial charge in [-0.2, -0.15) is 0 Å². The van der Waals surface area contributed by atoms with Crippen LogP contribution in [0.2, 0.25) is 0 Å². The summed E-state index contributed by atoms with van der Waals surface area (Å²) in [5.74, 6) is 0.461. The molecule has 0 unspecified atom stereocenters. The average Bonchev–Trinajstić information content (AvgIpc) is 2.61. The van der Waals surface area contributed by atoms with Gasteiger partial charge in [0.2, 0.25) is 0 Å². The van der Waals surface area contributed by atoms with Crippen molar-refractivity contribution in [2.75, 3.05) is 19.5 Å². The van der Waals surface area contributed by atoms with E-state index in [1.807, 2.05) is 0 Å². The minimum absolute atomic E-state index is 0.302. The topological polar surface area (TPSA) is 73.9 Å². The van der Waals surface area contributed by atoms with Gasteiger partial charge in [0.1, 0.15) is 11.5 Å². The molecule has 0 bridgehead atoms. The molecule has 6 heteroatoms. The molecule has 0 saturated heterocycles. The largest absolute Gasteiger partial charge is 0.497 e. The predicted molar refractivity (Wildman–Crippen MR) is 89.5 cm³/mol. The number of esters is 1. The molecule has 2 aromatic carbocycles. The lowest BCUT2D eigenvalue weighted by molar-refractivity contribution is -0.122. The van der Waals surface area contributed by atoms with Gasteiger partial charge in [0.15, 0.2) is 6.10 Å². The van der Waals surface area contributed by atoms with Crippen LogP contribution in [0, 0.1) is 0 Å². The summed E-state index contributed by atoms with van der Waals surface area (Å²) in [6, 6.07) is 13.4. The van der Waals surface area contributed by atoms with Gasteiger partial charge in [-0.1, -0.05) is 6.07 Å². The highest BCUT2D eigenvalue weighted by Crippen LogP contribution is 2.20. The minimum atomic E-state index is -0.697. The van der Waals surface area contributed by atoms with Crippen LogP contribution in [-0.4, -0.2) is 32.2 Å². The zero-order valence-corrected chi connectivity index (χ0v) is 13.7. The van der Waals surface area contributed by atoms with Crippen molar-refractivity contribution < 1.29 is 23.8 Å². The van der Waals surface area contributed by atoms with Crippen LogP contribution >= 0.6 is 0 Å². The van der Waals surface area contributed by atoms with Gasteiger partial charge < -0.3 is 19.5 Å². The molecule has 0 radical (unpaired) electrons. The molecule has 1 N–H and O–H groups in total. The van der Waals surface area contributed by atoms with Crippen LogP contribution in [-0.2, 0) is 9.53 Å². The molecule has 0 saturated carbocycles. The summed E-state index contributed by atoms with van der Waals surface area (Å²) in [5.41, 5.74) is 0.977. The lowest BCUT2D eigenvalue weighted by atomic mass is 10.2. The van der Waals surface area contributed by atoms with E-state index < -0.39 is 12.1 Å². The Morgan fingerprint density at radius 2 is 1.67 bits per heavy atom. The first-order valence-corrected chi connectivity index (χ1v) is 7.33. The summed E-state index contributed by atoms with van der Waals surface area (Å²) < 4.78 is 15.3. The molecule has 126 valence electrons. The normalized spacial score (nSPS) is 11.3. The number of anilines is 1. The van der Waals surface area contributed by atoms with Gasteiger partial charge in [0.25, 0.3) is 5.91 Å². The Morgan fingerprint density at radius 3 is 2.29 bits per heavy atom. The molecule has 0 fully saturated rings. The number of ether oxygens (including phenoxy) is 3. The van der Waals surface area contributed by atoms with Crippen LogP contribution in [0.5, 0.6) is 11.5 Å². The van der Waals surface area contributed by atoms with E-state index in [9.17, 15) is 9.59 Å². The highest BCUT2D eigenvalue weighted by Gasteiger charge is 2.15. The van der Waals surface area contributed by atoms with Gasteiger partial charge in [0.05, 0.1) is 19.8 Å².